The number of rotatable bonds is 6. The van der Waals surface area contributed by atoms with Crippen LogP contribution in [0.4, 0.5) is 4.39 Å². The molecule has 7 heteroatoms. The fourth-order valence-corrected chi connectivity index (χ4v) is 4.20. The van der Waals surface area contributed by atoms with Crippen LogP contribution >= 0.6 is 11.3 Å². The van der Waals surface area contributed by atoms with Crippen LogP contribution in [0.3, 0.4) is 0 Å². The molecule has 27 heavy (non-hydrogen) atoms. The number of carbonyl (C=O) groups is 2. The Morgan fingerprint density at radius 3 is 2.78 bits per heavy atom. The SMILES string of the molecule is CCOC(=O)[C@H](c1ccccc1F)N1CCc2sc(OC(=O)CC)cc2C1. The van der Waals surface area contributed by atoms with Crippen LogP contribution in [-0.4, -0.2) is 30.0 Å². The largest absolute Gasteiger partial charge is 0.465 e. The van der Waals surface area contributed by atoms with Crippen LogP contribution in [0.15, 0.2) is 30.3 Å². The van der Waals surface area contributed by atoms with Gasteiger partial charge in [-0.1, -0.05) is 25.1 Å². The third-order valence-electron chi connectivity index (χ3n) is 4.45. The molecule has 1 aliphatic heterocycles. The number of hydrogen-bond donors (Lipinski definition) is 0. The normalized spacial score (nSPS) is 15.1. The second-order valence-corrected chi connectivity index (χ2v) is 7.34. The van der Waals surface area contributed by atoms with Gasteiger partial charge in [-0.25, -0.2) is 9.18 Å². The molecule has 1 aliphatic rings. The van der Waals surface area contributed by atoms with Crippen molar-refractivity contribution in [1.82, 2.24) is 4.90 Å². The van der Waals surface area contributed by atoms with E-state index in [2.05, 4.69) is 0 Å². The Bertz CT molecular complexity index is 835. The van der Waals surface area contributed by atoms with Gasteiger partial charge in [-0.05, 0) is 31.0 Å². The topological polar surface area (TPSA) is 55.8 Å². The van der Waals surface area contributed by atoms with Gasteiger partial charge in [-0.2, -0.15) is 0 Å². The molecule has 0 aliphatic carbocycles. The van der Waals surface area contributed by atoms with Gasteiger partial charge in [0.05, 0.1) is 6.61 Å². The van der Waals surface area contributed by atoms with Crippen molar-refractivity contribution in [3.05, 3.63) is 52.2 Å². The molecule has 0 bridgehead atoms. The van der Waals surface area contributed by atoms with Crippen LogP contribution in [-0.2, 0) is 27.3 Å². The molecule has 1 aromatic carbocycles. The molecule has 2 aromatic rings. The van der Waals surface area contributed by atoms with Crippen LogP contribution in [0.25, 0.3) is 0 Å². The Hall–Kier alpha value is -2.25. The molecule has 0 unspecified atom stereocenters. The molecule has 144 valence electrons. The van der Waals surface area contributed by atoms with Crippen molar-refractivity contribution in [3.8, 4) is 5.06 Å². The number of carbonyl (C=O) groups excluding carboxylic acids is 2. The van der Waals surface area contributed by atoms with E-state index in [1.165, 1.54) is 17.4 Å². The zero-order chi connectivity index (χ0) is 19.4. The third-order valence-corrected chi connectivity index (χ3v) is 5.57. The summed E-state index contributed by atoms with van der Waals surface area (Å²) < 4.78 is 24.9. The lowest BCUT2D eigenvalue weighted by Gasteiger charge is -2.33. The first kappa shape index (κ1) is 19.5. The minimum atomic E-state index is -0.805. The van der Waals surface area contributed by atoms with Gasteiger partial charge in [0, 0.05) is 30.0 Å². The summed E-state index contributed by atoms with van der Waals surface area (Å²) in [5, 5.41) is 0.562. The molecule has 0 saturated carbocycles. The molecular formula is C20H22FNO4S. The van der Waals surface area contributed by atoms with E-state index in [0.717, 1.165) is 10.4 Å². The molecular weight excluding hydrogens is 369 g/mol. The highest BCUT2D eigenvalue weighted by molar-refractivity contribution is 7.14. The smallest absolute Gasteiger partial charge is 0.328 e. The van der Waals surface area contributed by atoms with E-state index in [-0.39, 0.29) is 12.6 Å². The number of esters is 2. The van der Waals surface area contributed by atoms with Gasteiger partial charge in [-0.3, -0.25) is 9.69 Å². The highest BCUT2D eigenvalue weighted by atomic mass is 32.1. The number of benzene rings is 1. The van der Waals surface area contributed by atoms with Gasteiger partial charge in [0.15, 0.2) is 5.06 Å². The number of hydrogen-bond acceptors (Lipinski definition) is 6. The summed E-state index contributed by atoms with van der Waals surface area (Å²) in [5.41, 5.74) is 1.31. The third kappa shape index (κ3) is 4.36. The van der Waals surface area contributed by atoms with E-state index < -0.39 is 17.8 Å². The fourth-order valence-electron chi connectivity index (χ4n) is 3.17. The monoisotopic (exact) mass is 391 g/mol. The van der Waals surface area contributed by atoms with Crippen molar-refractivity contribution in [1.29, 1.82) is 0 Å². The quantitative estimate of drug-likeness (QED) is 0.700. The Morgan fingerprint density at radius 2 is 2.07 bits per heavy atom. The summed E-state index contributed by atoms with van der Waals surface area (Å²) in [5.74, 6) is -1.16. The number of ether oxygens (including phenoxy) is 2. The Kier molecular flexibility index (Phi) is 6.23. The zero-order valence-corrected chi connectivity index (χ0v) is 16.2. The number of nitrogens with zero attached hydrogens (tertiary/aromatic N) is 1. The predicted octanol–water partition coefficient (Wildman–Crippen LogP) is 3.87. The number of fused-ring (bicyclic) bond motifs is 1. The van der Waals surface area contributed by atoms with Crippen molar-refractivity contribution in [3.63, 3.8) is 0 Å². The van der Waals surface area contributed by atoms with Crippen molar-refractivity contribution < 1.29 is 23.5 Å². The lowest BCUT2D eigenvalue weighted by molar-refractivity contribution is -0.150. The Morgan fingerprint density at radius 1 is 1.30 bits per heavy atom. The molecule has 1 aromatic heterocycles. The van der Waals surface area contributed by atoms with E-state index in [9.17, 15) is 14.0 Å². The average Bonchev–Trinajstić information content (AvgIpc) is 3.05. The van der Waals surface area contributed by atoms with E-state index >= 15 is 0 Å². The van der Waals surface area contributed by atoms with Gasteiger partial charge in [0.1, 0.15) is 11.9 Å². The van der Waals surface area contributed by atoms with Gasteiger partial charge in [0.25, 0.3) is 0 Å². The Labute approximate surface area is 161 Å². The van der Waals surface area contributed by atoms with E-state index in [1.807, 2.05) is 11.0 Å². The molecule has 0 radical (unpaired) electrons. The molecule has 0 amide bonds. The molecule has 0 saturated heterocycles. The summed E-state index contributed by atoms with van der Waals surface area (Å²) >= 11 is 1.45. The van der Waals surface area contributed by atoms with E-state index in [0.29, 0.717) is 36.6 Å². The predicted molar refractivity (Wildman–Crippen MR) is 100 cm³/mol. The van der Waals surface area contributed by atoms with Crippen LogP contribution in [0.2, 0.25) is 0 Å². The van der Waals surface area contributed by atoms with Gasteiger partial charge in [-0.15, -0.1) is 11.3 Å². The fraction of sp³-hybridized carbons (Fsp3) is 0.400. The van der Waals surface area contributed by atoms with Gasteiger partial charge < -0.3 is 9.47 Å². The maximum Gasteiger partial charge on any atom is 0.328 e. The van der Waals surface area contributed by atoms with Crippen molar-refractivity contribution >= 4 is 23.3 Å². The van der Waals surface area contributed by atoms with Crippen LogP contribution < -0.4 is 4.74 Å². The van der Waals surface area contributed by atoms with Crippen LogP contribution in [0.5, 0.6) is 5.06 Å². The molecule has 2 heterocycles. The van der Waals surface area contributed by atoms with Crippen LogP contribution in [0.1, 0.15) is 42.3 Å². The molecule has 0 N–H and O–H groups in total. The zero-order valence-electron chi connectivity index (χ0n) is 15.4. The maximum absolute atomic E-state index is 14.4. The van der Waals surface area contributed by atoms with Crippen molar-refractivity contribution in [2.24, 2.45) is 0 Å². The molecule has 0 fully saturated rings. The second-order valence-electron chi connectivity index (χ2n) is 6.24. The lowest BCUT2D eigenvalue weighted by atomic mass is 10.0. The van der Waals surface area contributed by atoms with Crippen molar-refractivity contribution in [2.45, 2.75) is 39.3 Å². The van der Waals surface area contributed by atoms with Crippen LogP contribution in [0, 0.1) is 5.82 Å². The highest BCUT2D eigenvalue weighted by Gasteiger charge is 2.34. The lowest BCUT2D eigenvalue weighted by Crippen LogP contribution is -2.39. The summed E-state index contributed by atoms with van der Waals surface area (Å²) in [6.07, 6.45) is 1.01. The standard InChI is InChI=1S/C20H22FNO4S/c1-3-17(23)26-18-11-13-12-22(10-9-16(13)27-18)19(20(24)25-4-2)14-7-5-6-8-15(14)21/h5-8,11,19H,3-4,9-10,12H2,1-2H3/t19-/m0/s1. The number of thiophene rings is 1. The molecule has 3 rings (SSSR count). The number of halogens is 1. The minimum absolute atomic E-state index is 0.235. The molecule has 0 spiro atoms. The molecule has 1 atom stereocenters. The molecule has 5 nitrogen and oxygen atoms in total. The average molecular weight is 391 g/mol. The van der Waals surface area contributed by atoms with E-state index in [4.69, 9.17) is 9.47 Å². The first-order chi connectivity index (χ1) is 13.0. The van der Waals surface area contributed by atoms with E-state index in [1.54, 1.807) is 32.0 Å². The minimum Gasteiger partial charge on any atom is -0.465 e. The van der Waals surface area contributed by atoms with Crippen molar-refractivity contribution in [2.75, 3.05) is 13.2 Å². The van der Waals surface area contributed by atoms with Gasteiger partial charge >= 0.3 is 11.9 Å². The summed E-state index contributed by atoms with van der Waals surface area (Å²) in [6, 6.07) is 7.32. The second kappa shape index (κ2) is 8.63. The summed E-state index contributed by atoms with van der Waals surface area (Å²) in [7, 11) is 0. The first-order valence-corrected chi connectivity index (χ1v) is 9.82. The summed E-state index contributed by atoms with van der Waals surface area (Å²) in [6.45, 7) is 4.77. The Balaban J connectivity index is 1.86. The maximum atomic E-state index is 14.4. The summed E-state index contributed by atoms with van der Waals surface area (Å²) in [4.78, 5) is 27.2. The first-order valence-electron chi connectivity index (χ1n) is 9.00. The highest BCUT2D eigenvalue weighted by Crippen LogP contribution is 2.37. The van der Waals surface area contributed by atoms with Gasteiger partial charge in [0.2, 0.25) is 0 Å².